The van der Waals surface area contributed by atoms with Crippen LogP contribution in [0.3, 0.4) is 0 Å². The minimum atomic E-state index is -0.327. The molecular formula is C12H23NO2. The molecule has 0 radical (unpaired) electrons. The average molecular weight is 213 g/mol. The molecule has 3 heteroatoms. The summed E-state index contributed by atoms with van der Waals surface area (Å²) in [6.07, 6.45) is 5.16. The molecule has 1 saturated heterocycles. The van der Waals surface area contributed by atoms with Gasteiger partial charge in [0.25, 0.3) is 0 Å². The van der Waals surface area contributed by atoms with E-state index in [4.69, 9.17) is 9.47 Å². The molecule has 1 saturated carbocycles. The molecule has 88 valence electrons. The van der Waals surface area contributed by atoms with Crippen molar-refractivity contribution >= 4 is 0 Å². The number of hydrogen-bond acceptors (Lipinski definition) is 3. The molecule has 0 aromatic carbocycles. The van der Waals surface area contributed by atoms with Crippen LogP contribution in [0.4, 0.5) is 0 Å². The second-order valence-corrected chi connectivity index (χ2v) is 5.11. The van der Waals surface area contributed by atoms with E-state index in [1.165, 1.54) is 19.3 Å². The number of ether oxygens (including phenoxy) is 2. The summed E-state index contributed by atoms with van der Waals surface area (Å²) in [6, 6.07) is 0.641. The molecule has 0 aromatic heterocycles. The first-order valence-corrected chi connectivity index (χ1v) is 6.19. The van der Waals surface area contributed by atoms with Gasteiger partial charge in [-0.15, -0.1) is 0 Å². The van der Waals surface area contributed by atoms with Crippen LogP contribution in [0.2, 0.25) is 0 Å². The van der Waals surface area contributed by atoms with Gasteiger partial charge in [0, 0.05) is 19.0 Å². The van der Waals surface area contributed by atoms with E-state index in [9.17, 15) is 0 Å². The van der Waals surface area contributed by atoms with E-state index >= 15 is 0 Å². The summed E-state index contributed by atoms with van der Waals surface area (Å²) in [5, 5.41) is 3.55. The van der Waals surface area contributed by atoms with Gasteiger partial charge in [0.15, 0.2) is 5.79 Å². The smallest absolute Gasteiger partial charge is 0.166 e. The van der Waals surface area contributed by atoms with Gasteiger partial charge >= 0.3 is 0 Å². The molecular weight excluding hydrogens is 190 g/mol. The van der Waals surface area contributed by atoms with Crippen molar-refractivity contribution in [3.05, 3.63) is 0 Å². The fraction of sp³-hybridized carbons (Fsp3) is 1.00. The lowest BCUT2D eigenvalue weighted by Crippen LogP contribution is -2.34. The molecule has 1 aliphatic carbocycles. The Balaban J connectivity index is 1.56. The fourth-order valence-corrected chi connectivity index (χ4v) is 2.18. The zero-order valence-electron chi connectivity index (χ0n) is 9.92. The zero-order valence-corrected chi connectivity index (χ0v) is 9.92. The Morgan fingerprint density at radius 1 is 1.33 bits per heavy atom. The SMILES string of the molecule is CC(CC1CC1)NCCC1(C)OCCO1. The third-order valence-electron chi connectivity index (χ3n) is 3.35. The van der Waals surface area contributed by atoms with Crippen LogP contribution in [0.1, 0.15) is 39.5 Å². The van der Waals surface area contributed by atoms with E-state index in [2.05, 4.69) is 12.2 Å². The van der Waals surface area contributed by atoms with Crippen LogP contribution < -0.4 is 5.32 Å². The lowest BCUT2D eigenvalue weighted by molar-refractivity contribution is -0.145. The van der Waals surface area contributed by atoms with Gasteiger partial charge in [-0.3, -0.25) is 0 Å². The first kappa shape index (κ1) is 11.4. The van der Waals surface area contributed by atoms with Crippen LogP contribution in [-0.2, 0) is 9.47 Å². The Morgan fingerprint density at radius 3 is 2.60 bits per heavy atom. The van der Waals surface area contributed by atoms with Gasteiger partial charge < -0.3 is 14.8 Å². The maximum atomic E-state index is 5.55. The summed E-state index contributed by atoms with van der Waals surface area (Å²) >= 11 is 0. The number of nitrogens with one attached hydrogen (secondary N) is 1. The molecule has 15 heavy (non-hydrogen) atoms. The molecule has 0 bridgehead atoms. The molecule has 1 N–H and O–H groups in total. The molecule has 1 heterocycles. The van der Waals surface area contributed by atoms with Gasteiger partial charge in [0.1, 0.15) is 0 Å². The second-order valence-electron chi connectivity index (χ2n) is 5.11. The molecule has 0 aromatic rings. The Labute approximate surface area is 92.5 Å². The largest absolute Gasteiger partial charge is 0.348 e. The predicted molar refractivity (Wildman–Crippen MR) is 59.7 cm³/mol. The first-order valence-electron chi connectivity index (χ1n) is 6.19. The molecule has 3 nitrogen and oxygen atoms in total. The van der Waals surface area contributed by atoms with Crippen LogP contribution in [0.15, 0.2) is 0 Å². The molecule has 2 aliphatic rings. The lowest BCUT2D eigenvalue weighted by atomic mass is 10.1. The molecule has 2 fully saturated rings. The van der Waals surface area contributed by atoms with Crippen LogP contribution >= 0.6 is 0 Å². The zero-order chi connectivity index (χ0) is 10.7. The average Bonchev–Trinajstić information content (AvgIpc) is 2.88. The van der Waals surface area contributed by atoms with Crippen molar-refractivity contribution in [1.82, 2.24) is 5.32 Å². The van der Waals surface area contributed by atoms with Gasteiger partial charge in [-0.2, -0.15) is 0 Å². The summed E-state index contributed by atoms with van der Waals surface area (Å²) in [4.78, 5) is 0. The summed E-state index contributed by atoms with van der Waals surface area (Å²) in [5.41, 5.74) is 0. The number of rotatable bonds is 6. The van der Waals surface area contributed by atoms with Crippen LogP contribution in [-0.4, -0.2) is 31.6 Å². The van der Waals surface area contributed by atoms with Gasteiger partial charge in [-0.05, 0) is 26.2 Å². The predicted octanol–water partition coefficient (Wildman–Crippen LogP) is 1.92. The van der Waals surface area contributed by atoms with E-state index in [1.54, 1.807) is 0 Å². The quantitative estimate of drug-likeness (QED) is 0.731. The highest BCUT2D eigenvalue weighted by Crippen LogP contribution is 2.33. The van der Waals surface area contributed by atoms with Gasteiger partial charge in [-0.25, -0.2) is 0 Å². The Morgan fingerprint density at radius 2 is 2.00 bits per heavy atom. The van der Waals surface area contributed by atoms with Crippen molar-refractivity contribution in [3.63, 3.8) is 0 Å². The van der Waals surface area contributed by atoms with E-state index in [0.29, 0.717) is 6.04 Å². The van der Waals surface area contributed by atoms with E-state index in [-0.39, 0.29) is 5.79 Å². The van der Waals surface area contributed by atoms with Crippen molar-refractivity contribution in [2.75, 3.05) is 19.8 Å². The van der Waals surface area contributed by atoms with E-state index in [0.717, 1.165) is 32.1 Å². The third-order valence-corrected chi connectivity index (χ3v) is 3.35. The molecule has 1 atom stereocenters. The summed E-state index contributed by atoms with van der Waals surface area (Å²) < 4.78 is 11.1. The van der Waals surface area contributed by atoms with Gasteiger partial charge in [0.2, 0.25) is 0 Å². The molecule has 2 rings (SSSR count). The highest BCUT2D eigenvalue weighted by Gasteiger charge is 2.30. The van der Waals surface area contributed by atoms with Crippen LogP contribution in [0, 0.1) is 5.92 Å². The van der Waals surface area contributed by atoms with Crippen LogP contribution in [0.5, 0.6) is 0 Å². The monoisotopic (exact) mass is 213 g/mol. The van der Waals surface area contributed by atoms with Gasteiger partial charge in [0.05, 0.1) is 13.2 Å². The first-order chi connectivity index (χ1) is 7.18. The Kier molecular flexibility index (Phi) is 3.65. The third kappa shape index (κ3) is 3.74. The summed E-state index contributed by atoms with van der Waals surface area (Å²) in [5.74, 6) is 0.675. The maximum Gasteiger partial charge on any atom is 0.166 e. The van der Waals surface area contributed by atoms with Crippen molar-refractivity contribution in [2.45, 2.75) is 51.4 Å². The van der Waals surface area contributed by atoms with Gasteiger partial charge in [-0.1, -0.05) is 12.8 Å². The molecule has 0 spiro atoms. The molecule has 1 aliphatic heterocycles. The minimum Gasteiger partial charge on any atom is -0.348 e. The highest BCUT2D eigenvalue weighted by atomic mass is 16.7. The Hall–Kier alpha value is -0.120. The van der Waals surface area contributed by atoms with Crippen LogP contribution in [0.25, 0.3) is 0 Å². The highest BCUT2D eigenvalue weighted by molar-refractivity contribution is 4.78. The maximum absolute atomic E-state index is 5.55. The van der Waals surface area contributed by atoms with Crippen molar-refractivity contribution in [1.29, 1.82) is 0 Å². The van der Waals surface area contributed by atoms with Crippen molar-refractivity contribution in [2.24, 2.45) is 5.92 Å². The Bertz CT molecular complexity index is 198. The number of hydrogen-bond donors (Lipinski definition) is 1. The summed E-state index contributed by atoms with van der Waals surface area (Å²) in [6.45, 7) is 6.79. The second kappa shape index (κ2) is 4.81. The van der Waals surface area contributed by atoms with E-state index in [1.807, 2.05) is 6.92 Å². The van der Waals surface area contributed by atoms with Crippen molar-refractivity contribution < 1.29 is 9.47 Å². The topological polar surface area (TPSA) is 30.5 Å². The molecule has 1 unspecified atom stereocenters. The summed E-state index contributed by atoms with van der Waals surface area (Å²) in [7, 11) is 0. The van der Waals surface area contributed by atoms with E-state index < -0.39 is 0 Å². The minimum absolute atomic E-state index is 0.327. The standard InChI is InChI=1S/C12H23NO2/c1-10(9-11-3-4-11)13-6-5-12(2)14-7-8-15-12/h10-11,13H,3-9H2,1-2H3. The normalized spacial score (nSPS) is 26.8. The molecule has 0 amide bonds. The fourth-order valence-electron chi connectivity index (χ4n) is 2.18. The van der Waals surface area contributed by atoms with Crippen molar-refractivity contribution in [3.8, 4) is 0 Å². The lowest BCUT2D eigenvalue weighted by Gasteiger charge is -2.23.